The molecule has 5 unspecified atom stereocenters. The van der Waals surface area contributed by atoms with Gasteiger partial charge in [0.2, 0.25) is 12.2 Å². The number of nitrogens with two attached hydrogens (primary N) is 1. The molecule has 4 rings (SSSR count). The Hall–Kier alpha value is -3.12. The maximum absolute atomic E-state index is 12.6. The van der Waals surface area contributed by atoms with E-state index in [-0.39, 0.29) is 5.76 Å². The lowest BCUT2D eigenvalue weighted by Crippen LogP contribution is -2.54. The summed E-state index contributed by atoms with van der Waals surface area (Å²) in [5, 5.41) is 43.3. The Morgan fingerprint density at radius 3 is 2.46 bits per heavy atom. The van der Waals surface area contributed by atoms with E-state index in [2.05, 4.69) is 5.43 Å². The average molecular weight is 527 g/mol. The maximum Gasteiger partial charge on any atom is 0.330 e. The minimum atomic E-state index is -1.87. The first-order valence-electron chi connectivity index (χ1n) is 11.6. The molecule has 0 spiro atoms. The smallest absolute Gasteiger partial charge is 0.330 e. The number of carbonyl (C=O) groups is 2. The van der Waals surface area contributed by atoms with Crippen molar-refractivity contribution in [3.8, 4) is 0 Å². The molecule has 8 N–H and O–H groups in total. The van der Waals surface area contributed by atoms with Crippen molar-refractivity contribution in [3.05, 3.63) is 44.9 Å². The normalized spacial score (nSPS) is 33.3. The Morgan fingerprint density at radius 1 is 1.11 bits per heavy atom. The number of amides is 2. The number of H-pyrrole nitrogens is 1. The minimum absolute atomic E-state index is 0.387. The fraction of sp³-hybridized carbons (Fsp3) is 0.619. The summed E-state index contributed by atoms with van der Waals surface area (Å²) in [4.78, 5) is 50.3. The summed E-state index contributed by atoms with van der Waals surface area (Å²) < 4.78 is 17.2. The van der Waals surface area contributed by atoms with Crippen LogP contribution in [-0.2, 0) is 23.8 Å². The molecule has 0 aromatic carbocycles. The van der Waals surface area contributed by atoms with Crippen LogP contribution < -0.4 is 22.4 Å². The lowest BCUT2D eigenvalue weighted by atomic mass is 10.0. The van der Waals surface area contributed by atoms with Gasteiger partial charge in [0.15, 0.2) is 18.1 Å². The van der Waals surface area contributed by atoms with Gasteiger partial charge in [-0.3, -0.25) is 29.4 Å². The Labute approximate surface area is 208 Å². The second-order valence-corrected chi connectivity index (χ2v) is 8.94. The highest BCUT2D eigenvalue weighted by Crippen LogP contribution is 2.32. The molecule has 204 valence electrons. The van der Waals surface area contributed by atoms with Gasteiger partial charge >= 0.3 is 11.6 Å². The number of aliphatic hydroxyl groups excluding tert-OH is 4. The number of piperidine rings is 1. The van der Waals surface area contributed by atoms with Gasteiger partial charge in [-0.1, -0.05) is 6.42 Å². The van der Waals surface area contributed by atoms with Gasteiger partial charge in [-0.05, 0) is 18.9 Å². The first-order valence-corrected chi connectivity index (χ1v) is 11.6. The summed E-state index contributed by atoms with van der Waals surface area (Å²) in [6.45, 7) is 1.24. The van der Waals surface area contributed by atoms with E-state index >= 15 is 0 Å². The summed E-state index contributed by atoms with van der Waals surface area (Å²) >= 11 is 0. The van der Waals surface area contributed by atoms with Crippen molar-refractivity contribution in [2.24, 2.45) is 5.73 Å². The van der Waals surface area contributed by atoms with Crippen molar-refractivity contribution in [1.29, 1.82) is 0 Å². The molecule has 16 nitrogen and oxygen atoms in total. The van der Waals surface area contributed by atoms with Gasteiger partial charge < -0.3 is 40.4 Å². The highest BCUT2D eigenvalue weighted by molar-refractivity contribution is 5.91. The number of carbonyl (C=O) groups excluding carboxylic acids is 2. The molecule has 4 heterocycles. The van der Waals surface area contributed by atoms with Crippen molar-refractivity contribution in [2.75, 3.05) is 13.1 Å². The quantitative estimate of drug-likeness (QED) is 0.178. The van der Waals surface area contributed by atoms with E-state index in [0.717, 1.165) is 42.2 Å². The molecule has 3 aliphatic rings. The maximum atomic E-state index is 12.6. The van der Waals surface area contributed by atoms with Crippen LogP contribution in [0.25, 0.3) is 0 Å². The van der Waals surface area contributed by atoms with E-state index in [1.807, 2.05) is 4.98 Å². The third-order valence-electron chi connectivity index (χ3n) is 6.29. The summed E-state index contributed by atoms with van der Waals surface area (Å²) in [5.74, 6) is -2.31. The number of hydrogen-bond donors (Lipinski definition) is 7. The number of hydrazine groups is 1. The topological polar surface area (TPSA) is 239 Å². The van der Waals surface area contributed by atoms with Crippen molar-refractivity contribution in [3.63, 3.8) is 0 Å². The second-order valence-electron chi connectivity index (χ2n) is 8.94. The third kappa shape index (κ3) is 5.74. The standard InChI is InChI=1S/C21H29N5O11/c22-17(32)16(15-13(30)14(31)19(36-15)26-7-4-11(28)23-21(26)34)37-20-12(29)9(27)8-10(35-20)18(33)24-25-5-2-1-3-6-25/h4,7-9,12-16,19-20,27,29-31H,1-3,5-6H2,(H2,22,32)(H,24,33)(H,23,28,34)/t9?,12?,13?,14?,15-,16?,19+,20+/m0/s1. The molecule has 1 aromatic rings. The first kappa shape index (κ1) is 26.9. The van der Waals surface area contributed by atoms with Crippen LogP contribution in [0.5, 0.6) is 0 Å². The van der Waals surface area contributed by atoms with Crippen LogP contribution in [0.3, 0.4) is 0 Å². The molecule has 37 heavy (non-hydrogen) atoms. The van der Waals surface area contributed by atoms with E-state index in [1.165, 1.54) is 0 Å². The van der Waals surface area contributed by atoms with Crippen molar-refractivity contribution >= 4 is 11.8 Å². The number of aromatic nitrogens is 2. The fourth-order valence-corrected chi connectivity index (χ4v) is 4.33. The molecule has 0 radical (unpaired) electrons. The fourth-order valence-electron chi connectivity index (χ4n) is 4.33. The molecular weight excluding hydrogens is 498 g/mol. The van der Waals surface area contributed by atoms with Gasteiger partial charge in [-0.15, -0.1) is 0 Å². The summed E-state index contributed by atoms with van der Waals surface area (Å²) in [6, 6.07) is 0.982. The number of nitrogens with one attached hydrogen (secondary N) is 2. The van der Waals surface area contributed by atoms with E-state index in [9.17, 15) is 39.6 Å². The summed E-state index contributed by atoms with van der Waals surface area (Å²) in [5.41, 5.74) is 6.39. The Morgan fingerprint density at radius 2 is 1.81 bits per heavy atom. The molecule has 0 aliphatic carbocycles. The van der Waals surface area contributed by atoms with Crippen LogP contribution >= 0.6 is 0 Å². The molecule has 2 fully saturated rings. The average Bonchev–Trinajstić information content (AvgIpc) is 3.14. The largest absolute Gasteiger partial charge is 0.456 e. The summed E-state index contributed by atoms with van der Waals surface area (Å²) in [6.07, 6.45) is -9.05. The van der Waals surface area contributed by atoms with Crippen molar-refractivity contribution in [1.82, 2.24) is 20.0 Å². The molecule has 2 amide bonds. The van der Waals surface area contributed by atoms with Gasteiger partial charge in [0.25, 0.3) is 5.56 Å². The molecule has 3 aliphatic heterocycles. The molecule has 16 heteroatoms. The molecule has 0 bridgehead atoms. The van der Waals surface area contributed by atoms with Crippen LogP contribution in [-0.4, -0.2) is 103 Å². The SMILES string of the molecule is NC(=O)C(O[C@H]1OC(C(=O)NN2CCCCC2)=CC(O)C1O)[C@H]1O[C@@H](n2ccc(=O)[nH]c2=O)C(O)C1O. The van der Waals surface area contributed by atoms with E-state index in [0.29, 0.717) is 13.1 Å². The summed E-state index contributed by atoms with van der Waals surface area (Å²) in [7, 11) is 0. The zero-order valence-electron chi connectivity index (χ0n) is 19.5. The number of ether oxygens (including phenoxy) is 3. The second kappa shape index (κ2) is 11.1. The van der Waals surface area contributed by atoms with Crippen LogP contribution in [0, 0.1) is 0 Å². The van der Waals surface area contributed by atoms with Crippen LogP contribution in [0.2, 0.25) is 0 Å². The van der Waals surface area contributed by atoms with E-state index < -0.39 is 72.2 Å². The van der Waals surface area contributed by atoms with Crippen LogP contribution in [0.15, 0.2) is 33.7 Å². The van der Waals surface area contributed by atoms with E-state index in [4.69, 9.17) is 19.9 Å². The highest BCUT2D eigenvalue weighted by Gasteiger charge is 2.51. The monoisotopic (exact) mass is 527 g/mol. The lowest BCUT2D eigenvalue weighted by Gasteiger charge is -2.35. The van der Waals surface area contributed by atoms with Crippen molar-refractivity contribution < 1.29 is 44.2 Å². The molecule has 8 atom stereocenters. The van der Waals surface area contributed by atoms with Gasteiger partial charge in [0.1, 0.15) is 30.5 Å². The number of nitrogens with zero attached hydrogens (tertiary/aromatic N) is 2. The number of aliphatic hydroxyl groups is 4. The number of primary amides is 1. The zero-order valence-corrected chi connectivity index (χ0v) is 19.5. The molecule has 2 saturated heterocycles. The van der Waals surface area contributed by atoms with Gasteiger partial charge in [0, 0.05) is 25.4 Å². The number of aromatic amines is 1. The number of rotatable bonds is 7. The van der Waals surface area contributed by atoms with Gasteiger partial charge in [0.05, 0.1) is 0 Å². The number of hydrogen-bond acceptors (Lipinski definition) is 12. The Balaban J connectivity index is 1.49. The highest BCUT2D eigenvalue weighted by atomic mass is 16.7. The van der Waals surface area contributed by atoms with Crippen molar-refractivity contribution in [2.45, 2.75) is 68.4 Å². The predicted octanol–water partition coefficient (Wildman–Crippen LogP) is -4.49. The van der Waals surface area contributed by atoms with Gasteiger partial charge in [-0.25, -0.2) is 9.80 Å². The molecule has 1 aromatic heterocycles. The lowest BCUT2D eigenvalue weighted by molar-refractivity contribution is -0.241. The predicted molar refractivity (Wildman–Crippen MR) is 120 cm³/mol. The van der Waals surface area contributed by atoms with Crippen LogP contribution in [0.1, 0.15) is 25.5 Å². The zero-order chi connectivity index (χ0) is 26.9. The minimum Gasteiger partial charge on any atom is -0.456 e. The Bertz CT molecular complexity index is 1150. The first-order chi connectivity index (χ1) is 17.6. The Kier molecular flexibility index (Phi) is 8.08. The van der Waals surface area contributed by atoms with E-state index in [1.54, 1.807) is 5.01 Å². The van der Waals surface area contributed by atoms with Gasteiger partial charge in [-0.2, -0.15) is 0 Å². The third-order valence-corrected chi connectivity index (χ3v) is 6.29. The van der Waals surface area contributed by atoms with Crippen LogP contribution in [0.4, 0.5) is 0 Å². The molecule has 0 saturated carbocycles. The molecular formula is C21H29N5O11.